The summed E-state index contributed by atoms with van der Waals surface area (Å²) in [7, 11) is -22.7. The third kappa shape index (κ3) is 29.4. The predicted octanol–water partition coefficient (Wildman–Crippen LogP) is -13.0. The molecule has 4 amide bonds. The largest absolute Gasteiger partial charge is 0.480 e. The molecule has 8 saturated heterocycles. The van der Waals surface area contributed by atoms with Gasteiger partial charge in [-0.2, -0.15) is 68.5 Å². The second-order valence-electron chi connectivity index (χ2n) is 34.4. The number of nitrogens with one attached hydrogen (secondary N) is 5. The van der Waals surface area contributed by atoms with Crippen LogP contribution in [-0.4, -0.2) is 419 Å². The molecule has 33 N–H and O–H groups in total. The van der Waals surface area contributed by atoms with Crippen molar-refractivity contribution in [1.82, 2.24) is 56.1 Å². The Kier molecular flexibility index (Phi) is 43.1. The van der Waals surface area contributed by atoms with Gasteiger partial charge < -0.3 is 147 Å². The Labute approximate surface area is 747 Å². The van der Waals surface area contributed by atoms with E-state index in [1.165, 1.54) is 40.6 Å². The molecule has 0 spiro atoms. The average Bonchev–Trinajstić information content (AvgIpc) is 1.55. The molecule has 20 atom stereocenters. The average molecular weight is 1920 g/mol. The van der Waals surface area contributed by atoms with Gasteiger partial charge in [-0.3, -0.25) is 38.4 Å². The Balaban J connectivity index is 0.000000303. The van der Waals surface area contributed by atoms with E-state index >= 15 is 0 Å². The number of nitrogens with two attached hydrogens (primary N) is 8. The van der Waals surface area contributed by atoms with Crippen LogP contribution in [0.3, 0.4) is 0 Å². The van der Waals surface area contributed by atoms with Gasteiger partial charge in [0.15, 0.2) is 0 Å². The number of carboxylic acid groups (broad SMARTS) is 4. The van der Waals surface area contributed by atoms with Crippen LogP contribution < -0.4 is 71.9 Å². The zero-order valence-electron chi connectivity index (χ0n) is 73.5. The fourth-order valence-electron chi connectivity index (χ4n) is 16.5. The number of carboxylic acids is 4. The van der Waals surface area contributed by atoms with Gasteiger partial charge in [-0.1, -0.05) is 39.5 Å². The Hall–Kier alpha value is -5.30. The van der Waals surface area contributed by atoms with Gasteiger partial charge in [-0.25, -0.2) is 0 Å². The highest BCUT2D eigenvalue weighted by Gasteiger charge is 2.60. The number of hydrogen-bond acceptors (Lipinski definition) is 36. The molecule has 0 aromatic carbocycles. The van der Waals surface area contributed by atoms with E-state index in [0.717, 1.165) is 17.2 Å². The van der Waals surface area contributed by atoms with E-state index in [-0.39, 0.29) is 169 Å². The van der Waals surface area contributed by atoms with Crippen LogP contribution in [0.5, 0.6) is 0 Å². The second-order valence-corrected chi connectivity index (χ2v) is 41.7. The molecule has 8 aliphatic heterocycles. The van der Waals surface area contributed by atoms with Crippen LogP contribution in [0.2, 0.25) is 25.3 Å². The number of amides is 4. The molecule has 736 valence electrons. The van der Waals surface area contributed by atoms with Gasteiger partial charge in [0.2, 0.25) is 23.6 Å². The molecular formula is C68H136B4N20O32S4. The van der Waals surface area contributed by atoms with Crippen LogP contribution in [0.15, 0.2) is 0 Å². The molecule has 0 aliphatic carbocycles. The topological polar surface area (TPSA) is 844 Å². The quantitative estimate of drug-likeness (QED) is 0.0252. The molecule has 3 unspecified atom stereocenters. The van der Waals surface area contributed by atoms with E-state index in [2.05, 4.69) is 26.0 Å². The lowest BCUT2D eigenvalue weighted by molar-refractivity contribution is -0.145. The van der Waals surface area contributed by atoms with E-state index in [9.17, 15) is 92.5 Å². The van der Waals surface area contributed by atoms with Crippen molar-refractivity contribution in [3.8, 4) is 0 Å². The minimum Gasteiger partial charge on any atom is -0.480 e. The van der Waals surface area contributed by atoms with Crippen molar-refractivity contribution in [1.29, 1.82) is 0 Å². The maximum atomic E-state index is 13.7. The summed E-state index contributed by atoms with van der Waals surface area (Å²) in [6.07, 6.45) is 2.58. The monoisotopic (exact) mass is 1920 g/mol. The number of carbonyl (C=O) groups excluding carboxylic acids is 4. The molecule has 0 aromatic rings. The minimum atomic E-state index is -4.19. The summed E-state index contributed by atoms with van der Waals surface area (Å²) in [5.74, 6) is -9.88. The summed E-state index contributed by atoms with van der Waals surface area (Å²) in [6, 6.07) is -8.88. The first kappa shape index (κ1) is 113. The number of hydrogen-bond donors (Lipinski definition) is 25. The highest BCUT2D eigenvalue weighted by atomic mass is 32.2. The Morgan fingerprint density at radius 3 is 0.945 bits per heavy atom. The van der Waals surface area contributed by atoms with E-state index in [0.29, 0.717) is 6.42 Å². The smallest absolute Gasteiger partial charge is 0.451 e. The summed E-state index contributed by atoms with van der Waals surface area (Å²) >= 11 is 0. The third-order valence-corrected chi connectivity index (χ3v) is 31.8. The van der Waals surface area contributed by atoms with Crippen LogP contribution in [0, 0.1) is 23.7 Å². The number of likely N-dealkylation sites (N-methyl/N-ethyl adjacent to an activating group) is 1. The number of aliphatic carboxylic acids is 4. The fraction of sp³-hybridized carbons (Fsp3) is 0.882. The summed E-state index contributed by atoms with van der Waals surface area (Å²) in [5, 5.41) is 122. The summed E-state index contributed by atoms with van der Waals surface area (Å²) in [5.41, 5.74) is 39.6. The molecule has 0 aromatic heterocycles. The number of nitrogens with zero attached hydrogens (tertiary/aromatic N) is 7. The van der Waals surface area contributed by atoms with Crippen molar-refractivity contribution in [2.24, 2.45) is 69.5 Å². The van der Waals surface area contributed by atoms with Crippen molar-refractivity contribution in [3.63, 3.8) is 0 Å². The maximum absolute atomic E-state index is 13.7. The molecule has 60 heteroatoms. The molecule has 52 nitrogen and oxygen atoms in total. The fourth-order valence-corrected chi connectivity index (χ4v) is 24.1. The van der Waals surface area contributed by atoms with E-state index in [1.54, 1.807) is 20.8 Å². The van der Waals surface area contributed by atoms with Gasteiger partial charge in [0.25, 0.3) is 40.8 Å². The van der Waals surface area contributed by atoms with Crippen molar-refractivity contribution >= 4 is 117 Å². The normalized spacial score (nSPS) is 29.9. The highest BCUT2D eigenvalue weighted by molar-refractivity contribution is 7.87. The SMILES string of the molecule is CC(C)N(C1COC[C@@H]1NC(=O)[C@H](C)N)S(=O)(=O)N1C[C@H](CCCB(O)O)[C@](N)(C(=O)O)C1.CCCN(C1COC[C@@H]1NC(=O)[C@H](C)N)S(=O)(=O)N1C[C@H](CCCB(O)O)[C@](N)(C(=O)O)C1.CCN(C1COC[C@@H]1NC(=O)[C@H](C)N)S(=O)(=O)N1C[C@H](CCCB(O)O)[C@](N)(C(=O)O)C1.C[C@H](N)C(=O)N[C@@H]1COC[C@H]1NS(=O)(=O)N1C[C@H](CCCB(O)O)[C@](N)(C(=O)O)C1. The molecule has 0 radical (unpaired) electrons. The molecule has 0 saturated carbocycles. The van der Waals surface area contributed by atoms with Crippen molar-refractivity contribution in [2.45, 2.75) is 239 Å². The van der Waals surface area contributed by atoms with E-state index in [1.807, 2.05) is 6.92 Å². The zero-order chi connectivity index (χ0) is 97.1. The second kappa shape index (κ2) is 48.8. The lowest BCUT2D eigenvalue weighted by Gasteiger charge is -2.37. The maximum Gasteiger partial charge on any atom is 0.451 e. The Morgan fingerprint density at radius 2 is 0.648 bits per heavy atom. The number of carbonyl (C=O) groups is 8. The lowest BCUT2D eigenvalue weighted by atomic mass is 9.78. The molecular weight excluding hydrogens is 1780 g/mol. The van der Waals surface area contributed by atoms with Crippen molar-refractivity contribution < 1.29 is 152 Å². The Morgan fingerprint density at radius 1 is 0.391 bits per heavy atom. The minimum absolute atomic E-state index is 0.0252. The number of ether oxygens (including phenoxy) is 4. The first-order valence-corrected chi connectivity index (χ1v) is 48.1. The lowest BCUT2D eigenvalue weighted by Crippen LogP contribution is -2.60. The highest BCUT2D eigenvalue weighted by Crippen LogP contribution is 2.39. The van der Waals surface area contributed by atoms with Gasteiger partial charge in [0, 0.05) is 95.2 Å². The van der Waals surface area contributed by atoms with Crippen LogP contribution in [0.4, 0.5) is 0 Å². The molecule has 8 heterocycles. The Bertz CT molecular complexity index is 4160. The third-order valence-electron chi connectivity index (χ3n) is 24.0. The predicted molar refractivity (Wildman–Crippen MR) is 461 cm³/mol. The van der Waals surface area contributed by atoms with Crippen LogP contribution in [0.25, 0.3) is 0 Å². The van der Waals surface area contributed by atoms with Crippen LogP contribution >= 0.6 is 0 Å². The molecule has 8 rings (SSSR count). The summed E-state index contributed by atoms with van der Waals surface area (Å²) in [6.45, 7) is 11.6. The van der Waals surface area contributed by atoms with Crippen LogP contribution in [-0.2, 0) is 98.1 Å². The van der Waals surface area contributed by atoms with Crippen LogP contribution in [0.1, 0.15) is 113 Å². The standard InChI is InChI=1S/2C18H36BN5O8S.C17H34BN5O8S.C15H30BN5O8S/c1-11(2)24(15-9-32-8-14(15)22-16(25)12(3)20)33(30,31)23-7-13(5-4-6-19(28)29)18(21,10-23)17(26)27;1-3-7-24(15-10-32-9-14(15)22-16(25)12(2)20)33(30,31)23-8-13(5-4-6-19(28)29)18(21,11-23)17(26)27;1-3-23(14-9-31-8-13(14)21-15(24)11(2)19)32(29,30)22-7-12(5-4-6-18(27)28)17(20,10-22)16(25)26;1-9(17)13(22)19-11-6-29-7-12(11)20-30(27,28)21-5-10(3-2-4-16(25)26)15(18,8-21)14(23)24/h11-15,28-29H,4-10,20-21H2,1-3H3,(H,22,25)(H,26,27);12-15,28-29H,3-11,20-21H2,1-2H3,(H,22,25)(H,26,27);11-14,27-28H,3-10,19-20H2,1-2H3,(H,21,24)(H,25,26);9-12,20,25-26H,2-8,17-18H2,1H3,(H,19,22)(H,23,24)/t2*12-,13-,14-,15?,18-;11-,12-,13-,14?,17-;9-,10-,11+,12+,15-/m0000/s1. The van der Waals surface area contributed by atoms with Crippen molar-refractivity contribution in [2.75, 3.05) is 118 Å². The molecule has 128 heavy (non-hydrogen) atoms. The summed E-state index contributed by atoms with van der Waals surface area (Å²) < 4.78 is 139. The molecule has 8 aliphatic rings. The molecule has 8 fully saturated rings. The van der Waals surface area contributed by atoms with Gasteiger partial charge in [0.05, 0.1) is 125 Å². The van der Waals surface area contributed by atoms with Gasteiger partial charge in [-0.15, -0.1) is 0 Å². The zero-order valence-corrected chi connectivity index (χ0v) is 76.7. The van der Waals surface area contributed by atoms with E-state index in [4.69, 9.17) is 105 Å². The first-order valence-electron chi connectivity index (χ1n) is 42.4. The first-order chi connectivity index (χ1) is 59.3. The van der Waals surface area contributed by atoms with Gasteiger partial charge in [0.1, 0.15) is 22.2 Å². The van der Waals surface area contributed by atoms with Gasteiger partial charge in [-0.05, 0) is 98.9 Å². The van der Waals surface area contributed by atoms with E-state index < -0.39 is 267 Å². The van der Waals surface area contributed by atoms with Gasteiger partial charge >= 0.3 is 52.4 Å². The molecule has 0 bridgehead atoms. The number of rotatable bonds is 44. The van der Waals surface area contributed by atoms with Crippen molar-refractivity contribution in [3.05, 3.63) is 0 Å². The summed E-state index contributed by atoms with van der Waals surface area (Å²) in [4.78, 5) is 95.6.